The molecular weight excluding hydrogens is 212 g/mol. The lowest BCUT2D eigenvalue weighted by atomic mass is 10.5. The van der Waals surface area contributed by atoms with Gasteiger partial charge in [-0.25, -0.2) is 0 Å². The molecule has 0 spiro atoms. The van der Waals surface area contributed by atoms with Gasteiger partial charge in [0.05, 0.1) is 32.8 Å². The highest BCUT2D eigenvalue weighted by Gasteiger charge is 2.13. The minimum Gasteiger partial charge on any atom is -0.466 e. The molecule has 0 amide bonds. The molecule has 0 heterocycles. The van der Waals surface area contributed by atoms with E-state index in [1.807, 2.05) is 0 Å². The van der Waals surface area contributed by atoms with Crippen LogP contribution >= 0.6 is 0 Å². The summed E-state index contributed by atoms with van der Waals surface area (Å²) in [7, 11) is -1.42. The van der Waals surface area contributed by atoms with Crippen molar-refractivity contribution in [2.75, 3.05) is 26.4 Å². The standard InChI is InChI=1S/C10H22O4Si/c1-5-13-10(11)6-7-12-8-9-14-15(2,3)4/h5-9H2,1-4H3. The Morgan fingerprint density at radius 1 is 1.13 bits per heavy atom. The van der Waals surface area contributed by atoms with Crippen LogP contribution in [0.1, 0.15) is 13.3 Å². The van der Waals surface area contributed by atoms with Crippen LogP contribution in [0.2, 0.25) is 19.6 Å². The first-order chi connectivity index (χ1) is 6.95. The summed E-state index contributed by atoms with van der Waals surface area (Å²) in [4.78, 5) is 10.9. The van der Waals surface area contributed by atoms with Crippen LogP contribution in [-0.4, -0.2) is 40.7 Å². The number of carbonyl (C=O) groups excluding carboxylic acids is 1. The minimum absolute atomic E-state index is 0.205. The van der Waals surface area contributed by atoms with E-state index in [2.05, 4.69) is 19.6 Å². The van der Waals surface area contributed by atoms with Gasteiger partial charge in [-0.05, 0) is 26.6 Å². The maximum absolute atomic E-state index is 10.9. The average molecular weight is 234 g/mol. The average Bonchev–Trinajstić information content (AvgIpc) is 2.09. The van der Waals surface area contributed by atoms with Gasteiger partial charge in [-0.3, -0.25) is 4.79 Å². The van der Waals surface area contributed by atoms with Crippen LogP contribution < -0.4 is 0 Å². The Morgan fingerprint density at radius 2 is 1.80 bits per heavy atom. The first-order valence-electron chi connectivity index (χ1n) is 5.33. The molecule has 0 aromatic heterocycles. The van der Waals surface area contributed by atoms with E-state index in [4.69, 9.17) is 13.9 Å². The molecule has 90 valence electrons. The fourth-order valence-corrected chi connectivity index (χ4v) is 1.59. The second-order valence-corrected chi connectivity index (χ2v) is 8.64. The molecule has 0 saturated carbocycles. The third-order valence-corrected chi connectivity index (χ3v) is 2.59. The zero-order valence-corrected chi connectivity index (χ0v) is 11.2. The summed E-state index contributed by atoms with van der Waals surface area (Å²) in [5, 5.41) is 0. The lowest BCUT2D eigenvalue weighted by Gasteiger charge is -2.16. The number of ether oxygens (including phenoxy) is 2. The van der Waals surface area contributed by atoms with Gasteiger partial charge in [0.15, 0.2) is 8.32 Å². The van der Waals surface area contributed by atoms with Gasteiger partial charge in [0, 0.05) is 0 Å². The lowest BCUT2D eigenvalue weighted by Crippen LogP contribution is -2.27. The molecule has 0 aliphatic carbocycles. The molecule has 5 heteroatoms. The van der Waals surface area contributed by atoms with E-state index >= 15 is 0 Å². The van der Waals surface area contributed by atoms with E-state index in [0.29, 0.717) is 32.8 Å². The van der Waals surface area contributed by atoms with Crippen LogP contribution in [0.25, 0.3) is 0 Å². The van der Waals surface area contributed by atoms with Crippen molar-refractivity contribution in [3.63, 3.8) is 0 Å². The predicted molar refractivity (Wildman–Crippen MR) is 61.4 cm³/mol. The summed E-state index contributed by atoms with van der Waals surface area (Å²) in [5.74, 6) is -0.205. The summed E-state index contributed by atoms with van der Waals surface area (Å²) in [6.07, 6.45) is 0.320. The predicted octanol–water partition coefficient (Wildman–Crippen LogP) is 1.81. The molecule has 0 unspecified atom stereocenters. The van der Waals surface area contributed by atoms with Crippen molar-refractivity contribution in [3.8, 4) is 0 Å². The molecule has 0 N–H and O–H groups in total. The van der Waals surface area contributed by atoms with Crippen LogP contribution in [-0.2, 0) is 18.7 Å². The van der Waals surface area contributed by atoms with Crippen molar-refractivity contribution >= 4 is 14.3 Å². The molecule has 0 radical (unpaired) electrons. The third kappa shape index (κ3) is 11.5. The highest BCUT2D eigenvalue weighted by Crippen LogP contribution is 2.01. The maximum atomic E-state index is 10.9. The van der Waals surface area contributed by atoms with Gasteiger partial charge >= 0.3 is 5.97 Å². The monoisotopic (exact) mass is 234 g/mol. The molecule has 15 heavy (non-hydrogen) atoms. The van der Waals surface area contributed by atoms with Crippen LogP contribution in [0, 0.1) is 0 Å². The summed E-state index contributed by atoms with van der Waals surface area (Å²) in [5.41, 5.74) is 0. The molecule has 0 aliphatic rings. The zero-order valence-electron chi connectivity index (χ0n) is 10.2. The Balaban J connectivity index is 3.22. The topological polar surface area (TPSA) is 44.8 Å². The zero-order chi connectivity index (χ0) is 11.7. The quantitative estimate of drug-likeness (QED) is 0.365. The van der Waals surface area contributed by atoms with Crippen LogP contribution in [0.3, 0.4) is 0 Å². The smallest absolute Gasteiger partial charge is 0.308 e. The van der Waals surface area contributed by atoms with E-state index in [-0.39, 0.29) is 5.97 Å². The molecule has 0 saturated heterocycles. The third-order valence-electron chi connectivity index (χ3n) is 1.52. The molecule has 0 atom stereocenters. The van der Waals surface area contributed by atoms with Crippen LogP contribution in [0.4, 0.5) is 0 Å². The van der Waals surface area contributed by atoms with E-state index in [1.165, 1.54) is 0 Å². The van der Waals surface area contributed by atoms with Crippen molar-refractivity contribution in [1.82, 2.24) is 0 Å². The maximum Gasteiger partial charge on any atom is 0.308 e. The largest absolute Gasteiger partial charge is 0.466 e. The number of hydrogen-bond acceptors (Lipinski definition) is 4. The van der Waals surface area contributed by atoms with Gasteiger partial charge in [-0.15, -0.1) is 0 Å². The van der Waals surface area contributed by atoms with E-state index in [0.717, 1.165) is 0 Å². The first kappa shape index (κ1) is 14.6. The number of esters is 1. The molecule has 4 nitrogen and oxygen atoms in total. The van der Waals surface area contributed by atoms with E-state index < -0.39 is 8.32 Å². The van der Waals surface area contributed by atoms with Crippen LogP contribution in [0.15, 0.2) is 0 Å². The fourth-order valence-electron chi connectivity index (χ4n) is 0.897. The van der Waals surface area contributed by atoms with Gasteiger partial charge in [0.2, 0.25) is 0 Å². The molecular formula is C10H22O4Si. The Morgan fingerprint density at radius 3 is 2.33 bits per heavy atom. The SMILES string of the molecule is CCOC(=O)CCOCCO[Si](C)(C)C. The molecule has 0 aromatic rings. The summed E-state index contributed by atoms with van der Waals surface area (Å²) >= 11 is 0. The Bertz CT molecular complexity index is 177. The van der Waals surface area contributed by atoms with E-state index in [1.54, 1.807) is 6.92 Å². The Hall–Kier alpha value is -0.393. The van der Waals surface area contributed by atoms with Gasteiger partial charge in [0.1, 0.15) is 0 Å². The molecule has 0 aliphatic heterocycles. The van der Waals surface area contributed by atoms with Crippen molar-refractivity contribution in [2.45, 2.75) is 33.0 Å². The molecule has 0 bridgehead atoms. The number of hydrogen-bond donors (Lipinski definition) is 0. The summed E-state index contributed by atoms with van der Waals surface area (Å²) in [6, 6.07) is 0. The highest BCUT2D eigenvalue weighted by molar-refractivity contribution is 6.69. The van der Waals surface area contributed by atoms with Gasteiger partial charge in [-0.1, -0.05) is 0 Å². The Labute approximate surface area is 93.0 Å². The van der Waals surface area contributed by atoms with Gasteiger partial charge in [-0.2, -0.15) is 0 Å². The lowest BCUT2D eigenvalue weighted by molar-refractivity contribution is -0.144. The molecule has 0 aromatic carbocycles. The molecule has 0 rings (SSSR count). The number of rotatable bonds is 8. The highest BCUT2D eigenvalue weighted by atomic mass is 28.4. The Kier molecular flexibility index (Phi) is 7.64. The minimum atomic E-state index is -1.42. The van der Waals surface area contributed by atoms with Crippen LogP contribution in [0.5, 0.6) is 0 Å². The fraction of sp³-hybridized carbons (Fsp3) is 0.900. The van der Waals surface area contributed by atoms with Crippen molar-refractivity contribution in [1.29, 1.82) is 0 Å². The summed E-state index contributed by atoms with van der Waals surface area (Å²) in [6.45, 7) is 10.2. The van der Waals surface area contributed by atoms with Crippen molar-refractivity contribution < 1.29 is 18.7 Å². The van der Waals surface area contributed by atoms with Gasteiger partial charge in [0.25, 0.3) is 0 Å². The van der Waals surface area contributed by atoms with E-state index in [9.17, 15) is 4.79 Å². The second kappa shape index (κ2) is 7.84. The number of carbonyl (C=O) groups is 1. The second-order valence-electron chi connectivity index (χ2n) is 4.13. The van der Waals surface area contributed by atoms with Crippen molar-refractivity contribution in [3.05, 3.63) is 0 Å². The normalized spacial score (nSPS) is 11.5. The summed E-state index contributed by atoms with van der Waals surface area (Å²) < 4.78 is 15.6. The van der Waals surface area contributed by atoms with Gasteiger partial charge < -0.3 is 13.9 Å². The molecule has 0 fully saturated rings. The first-order valence-corrected chi connectivity index (χ1v) is 8.74. The van der Waals surface area contributed by atoms with Crippen molar-refractivity contribution in [2.24, 2.45) is 0 Å².